The van der Waals surface area contributed by atoms with Gasteiger partial charge in [0, 0.05) is 37.3 Å². The molecule has 1 aromatic carbocycles. The number of likely N-dealkylation sites (N-methyl/N-ethyl adjacent to an activating group) is 1. The maximum Gasteiger partial charge on any atom is 0.323 e. The fourth-order valence-corrected chi connectivity index (χ4v) is 4.21. The molecule has 1 fully saturated rings. The highest BCUT2D eigenvalue weighted by Crippen LogP contribution is 2.37. The van der Waals surface area contributed by atoms with E-state index in [1.54, 1.807) is 11.9 Å². The van der Waals surface area contributed by atoms with E-state index in [1.807, 2.05) is 0 Å². The number of pyridine rings is 1. The number of aliphatic carboxylic acids is 1. The summed E-state index contributed by atoms with van der Waals surface area (Å²) in [4.78, 5) is 20.1. The minimum absolute atomic E-state index is 0.0566. The number of benzene rings is 1. The molecule has 0 radical (unpaired) electrons. The van der Waals surface area contributed by atoms with E-state index in [2.05, 4.69) is 49.9 Å². The van der Waals surface area contributed by atoms with E-state index in [4.69, 9.17) is 4.98 Å². The molecule has 3 rings (SSSR count). The summed E-state index contributed by atoms with van der Waals surface area (Å²) in [7, 11) is 1.79. The Labute approximate surface area is 174 Å². The molecular weight excluding hydrogens is 362 g/mol. The van der Waals surface area contributed by atoms with Crippen molar-refractivity contribution in [1.82, 2.24) is 4.98 Å². The standard InChI is InChI=1S/C24H35N3O2/c1-5-6-7-8-9-18-10-11-20-19(14-18)21(27-13-12-24(2,3)17-27)15-22(25-20)26(4)16-23(28)29/h10-11,14-15H,5-9,12-13,16-17H2,1-4H3,(H,28,29). The van der Waals surface area contributed by atoms with E-state index in [1.165, 1.54) is 42.3 Å². The van der Waals surface area contributed by atoms with Crippen molar-refractivity contribution < 1.29 is 9.90 Å². The van der Waals surface area contributed by atoms with Crippen LogP contribution in [0.1, 0.15) is 58.4 Å². The number of hydrogen-bond donors (Lipinski definition) is 1. The van der Waals surface area contributed by atoms with Crippen molar-refractivity contribution in [3.05, 3.63) is 29.8 Å². The lowest BCUT2D eigenvalue weighted by atomic mass is 9.93. The van der Waals surface area contributed by atoms with Crippen molar-refractivity contribution in [2.45, 2.75) is 59.3 Å². The van der Waals surface area contributed by atoms with Gasteiger partial charge in [-0.2, -0.15) is 0 Å². The zero-order valence-electron chi connectivity index (χ0n) is 18.4. The molecule has 158 valence electrons. The number of nitrogens with zero attached hydrogens (tertiary/aromatic N) is 3. The first-order valence-electron chi connectivity index (χ1n) is 10.9. The second-order valence-electron chi connectivity index (χ2n) is 9.25. The Morgan fingerprint density at radius 3 is 2.69 bits per heavy atom. The van der Waals surface area contributed by atoms with Crippen LogP contribution in [0.25, 0.3) is 10.9 Å². The number of carbonyl (C=O) groups is 1. The molecule has 2 heterocycles. The molecule has 0 bridgehead atoms. The summed E-state index contributed by atoms with van der Waals surface area (Å²) < 4.78 is 0. The lowest BCUT2D eigenvalue weighted by Crippen LogP contribution is -2.27. The molecule has 29 heavy (non-hydrogen) atoms. The molecule has 0 amide bonds. The van der Waals surface area contributed by atoms with Gasteiger partial charge < -0.3 is 14.9 Å². The molecule has 1 saturated heterocycles. The fourth-order valence-electron chi connectivity index (χ4n) is 4.21. The van der Waals surface area contributed by atoms with Gasteiger partial charge in [0.25, 0.3) is 0 Å². The van der Waals surface area contributed by atoms with Gasteiger partial charge in [0.2, 0.25) is 0 Å². The summed E-state index contributed by atoms with van der Waals surface area (Å²) in [6, 6.07) is 8.66. The lowest BCUT2D eigenvalue weighted by molar-refractivity contribution is -0.135. The van der Waals surface area contributed by atoms with Gasteiger partial charge in [0.15, 0.2) is 0 Å². The van der Waals surface area contributed by atoms with E-state index in [0.717, 1.165) is 37.3 Å². The number of aryl methyl sites for hydroxylation is 1. The van der Waals surface area contributed by atoms with E-state index < -0.39 is 5.97 Å². The van der Waals surface area contributed by atoms with Crippen LogP contribution in [0.4, 0.5) is 11.5 Å². The Kier molecular flexibility index (Phi) is 6.66. The number of aromatic nitrogens is 1. The van der Waals surface area contributed by atoms with Gasteiger partial charge in [-0.25, -0.2) is 4.98 Å². The molecule has 0 unspecified atom stereocenters. The number of carboxylic acids is 1. The molecule has 1 aliphatic heterocycles. The lowest BCUT2D eigenvalue weighted by Gasteiger charge is -2.25. The van der Waals surface area contributed by atoms with Crippen LogP contribution in [0.3, 0.4) is 0 Å². The number of unbranched alkanes of at least 4 members (excludes halogenated alkanes) is 3. The molecule has 0 aliphatic carbocycles. The minimum Gasteiger partial charge on any atom is -0.480 e. The molecule has 0 saturated carbocycles. The number of hydrogen-bond acceptors (Lipinski definition) is 4. The molecular formula is C24H35N3O2. The van der Waals surface area contributed by atoms with Crippen molar-refractivity contribution in [2.24, 2.45) is 5.41 Å². The van der Waals surface area contributed by atoms with Crippen LogP contribution >= 0.6 is 0 Å². The Morgan fingerprint density at radius 2 is 2.03 bits per heavy atom. The number of rotatable bonds is 9. The number of fused-ring (bicyclic) bond motifs is 1. The van der Waals surface area contributed by atoms with Crippen LogP contribution in [0.5, 0.6) is 0 Å². The van der Waals surface area contributed by atoms with E-state index in [0.29, 0.717) is 5.41 Å². The quantitative estimate of drug-likeness (QED) is 0.596. The third kappa shape index (κ3) is 5.40. The van der Waals surface area contributed by atoms with Crippen molar-refractivity contribution in [3.63, 3.8) is 0 Å². The molecule has 1 aliphatic rings. The molecule has 1 aromatic heterocycles. The molecule has 0 atom stereocenters. The third-order valence-electron chi connectivity index (χ3n) is 5.94. The highest BCUT2D eigenvalue weighted by Gasteiger charge is 2.30. The number of carboxylic acid groups (broad SMARTS) is 1. The zero-order chi connectivity index (χ0) is 21.0. The van der Waals surface area contributed by atoms with Crippen molar-refractivity contribution >= 4 is 28.4 Å². The summed E-state index contributed by atoms with van der Waals surface area (Å²) in [6.07, 6.45) is 7.30. The van der Waals surface area contributed by atoms with Crippen LogP contribution in [-0.4, -0.2) is 42.7 Å². The van der Waals surface area contributed by atoms with E-state index >= 15 is 0 Å². The van der Waals surface area contributed by atoms with Gasteiger partial charge in [-0.3, -0.25) is 4.79 Å². The monoisotopic (exact) mass is 397 g/mol. The average molecular weight is 398 g/mol. The van der Waals surface area contributed by atoms with Crippen LogP contribution < -0.4 is 9.80 Å². The number of anilines is 2. The second kappa shape index (κ2) is 9.02. The second-order valence-corrected chi connectivity index (χ2v) is 9.25. The molecule has 5 heteroatoms. The Balaban J connectivity index is 1.97. The first kappa shape index (κ1) is 21.4. The van der Waals surface area contributed by atoms with Gasteiger partial charge in [0.05, 0.1) is 5.52 Å². The summed E-state index contributed by atoms with van der Waals surface area (Å²) in [6.45, 7) is 8.84. The van der Waals surface area contributed by atoms with Crippen molar-refractivity contribution in [1.29, 1.82) is 0 Å². The summed E-state index contributed by atoms with van der Waals surface area (Å²) >= 11 is 0. The average Bonchev–Trinajstić information content (AvgIpc) is 3.03. The summed E-state index contributed by atoms with van der Waals surface area (Å²) in [5.41, 5.74) is 3.78. The summed E-state index contributed by atoms with van der Waals surface area (Å²) in [5.74, 6) is -0.129. The predicted molar refractivity (Wildman–Crippen MR) is 121 cm³/mol. The molecule has 5 nitrogen and oxygen atoms in total. The van der Waals surface area contributed by atoms with Crippen molar-refractivity contribution in [2.75, 3.05) is 36.5 Å². The summed E-state index contributed by atoms with van der Waals surface area (Å²) in [5, 5.41) is 10.4. The topological polar surface area (TPSA) is 56.7 Å². The maximum atomic E-state index is 11.2. The van der Waals surface area contributed by atoms with Crippen LogP contribution in [0.15, 0.2) is 24.3 Å². The van der Waals surface area contributed by atoms with Gasteiger partial charge in [0.1, 0.15) is 12.4 Å². The smallest absolute Gasteiger partial charge is 0.323 e. The van der Waals surface area contributed by atoms with Gasteiger partial charge >= 0.3 is 5.97 Å². The minimum atomic E-state index is -0.847. The van der Waals surface area contributed by atoms with Gasteiger partial charge in [-0.1, -0.05) is 46.1 Å². The Morgan fingerprint density at radius 1 is 1.24 bits per heavy atom. The maximum absolute atomic E-state index is 11.2. The normalized spacial score (nSPS) is 15.8. The molecule has 2 aromatic rings. The van der Waals surface area contributed by atoms with Gasteiger partial charge in [-0.15, -0.1) is 0 Å². The Bertz CT molecular complexity index is 863. The SMILES string of the molecule is CCCCCCc1ccc2nc(N(C)CC(=O)O)cc(N3CCC(C)(C)C3)c2c1. The third-order valence-corrected chi connectivity index (χ3v) is 5.94. The van der Waals surface area contributed by atoms with Crippen LogP contribution in [0, 0.1) is 5.41 Å². The van der Waals surface area contributed by atoms with E-state index in [9.17, 15) is 9.90 Å². The Hall–Kier alpha value is -2.30. The van der Waals surface area contributed by atoms with Crippen molar-refractivity contribution in [3.8, 4) is 0 Å². The highest BCUT2D eigenvalue weighted by molar-refractivity contribution is 5.94. The molecule has 1 N–H and O–H groups in total. The highest BCUT2D eigenvalue weighted by atomic mass is 16.4. The predicted octanol–water partition coefficient (Wildman–Crippen LogP) is 5.11. The first-order valence-corrected chi connectivity index (χ1v) is 10.9. The first-order chi connectivity index (χ1) is 13.8. The van der Waals surface area contributed by atoms with Crippen LogP contribution in [-0.2, 0) is 11.2 Å². The molecule has 0 spiro atoms. The van der Waals surface area contributed by atoms with E-state index in [-0.39, 0.29) is 6.54 Å². The largest absolute Gasteiger partial charge is 0.480 e. The van der Waals surface area contributed by atoms with Gasteiger partial charge in [-0.05, 0) is 42.4 Å². The zero-order valence-corrected chi connectivity index (χ0v) is 18.4. The fraction of sp³-hybridized carbons (Fsp3) is 0.583. The van der Waals surface area contributed by atoms with Crippen LogP contribution in [0.2, 0.25) is 0 Å².